The van der Waals surface area contributed by atoms with Crippen molar-refractivity contribution >= 4 is 11.5 Å². The van der Waals surface area contributed by atoms with Crippen LogP contribution in [0.2, 0.25) is 0 Å². The second-order valence-electron chi connectivity index (χ2n) is 4.31. The molecule has 1 unspecified atom stereocenters. The molecule has 0 saturated heterocycles. The highest BCUT2D eigenvalue weighted by Gasteiger charge is 2.15. The van der Waals surface area contributed by atoms with Gasteiger partial charge in [0.2, 0.25) is 0 Å². The highest BCUT2D eigenvalue weighted by atomic mass is 16.6. The van der Waals surface area contributed by atoms with Gasteiger partial charge in [-0.3, -0.25) is 10.1 Å². The van der Waals surface area contributed by atoms with E-state index >= 15 is 0 Å². The average Bonchev–Trinajstić information content (AvgIpc) is 2.34. The molecule has 1 rings (SSSR count). The lowest BCUT2D eigenvalue weighted by Crippen LogP contribution is -2.31. The third kappa shape index (κ3) is 4.29. The van der Waals surface area contributed by atoms with Gasteiger partial charge >= 0.3 is 0 Å². The molecule has 0 spiro atoms. The van der Waals surface area contributed by atoms with Gasteiger partial charge in [-0.15, -0.1) is 0 Å². The molecule has 0 saturated carbocycles. The number of rotatable bonds is 7. The zero-order valence-corrected chi connectivity index (χ0v) is 10.9. The molecule has 0 fully saturated rings. The first-order chi connectivity index (χ1) is 8.54. The van der Waals surface area contributed by atoms with Gasteiger partial charge in [-0.1, -0.05) is 13.8 Å². The van der Waals surface area contributed by atoms with Gasteiger partial charge in [-0.05, 0) is 12.8 Å². The molecule has 0 aliphatic carbocycles. The second kappa shape index (κ2) is 6.90. The highest BCUT2D eigenvalue weighted by molar-refractivity contribution is 5.44. The number of nitro groups is 1. The molecule has 6 heteroatoms. The normalized spacial score (nSPS) is 12.4. The van der Waals surface area contributed by atoms with Gasteiger partial charge in [-0.25, -0.2) is 4.98 Å². The number of nitrogens with one attached hydrogen (secondary N) is 1. The number of hydrogen-bond donors (Lipinski definition) is 1. The molecular formula is C12H19N3O3. The van der Waals surface area contributed by atoms with E-state index in [0.29, 0.717) is 24.9 Å². The van der Waals surface area contributed by atoms with E-state index in [4.69, 9.17) is 4.74 Å². The van der Waals surface area contributed by atoms with Crippen molar-refractivity contribution in [3.05, 3.63) is 28.4 Å². The van der Waals surface area contributed by atoms with Crippen LogP contribution in [0.4, 0.5) is 11.5 Å². The molecule has 1 aromatic heterocycles. The molecule has 0 aliphatic heterocycles. The highest BCUT2D eigenvalue weighted by Crippen LogP contribution is 2.16. The number of anilines is 1. The molecule has 1 heterocycles. The molecule has 0 amide bonds. The van der Waals surface area contributed by atoms with Crippen molar-refractivity contribution in [2.45, 2.75) is 26.8 Å². The first-order valence-electron chi connectivity index (χ1n) is 5.99. The fraction of sp³-hybridized carbons (Fsp3) is 0.583. The minimum absolute atomic E-state index is 0.0337. The van der Waals surface area contributed by atoms with Crippen LogP contribution in [-0.4, -0.2) is 29.2 Å². The van der Waals surface area contributed by atoms with Gasteiger partial charge in [-0.2, -0.15) is 0 Å². The Hall–Kier alpha value is -1.69. The first kappa shape index (κ1) is 14.4. The molecule has 6 nitrogen and oxygen atoms in total. The predicted octanol–water partition coefficient (Wildman–Crippen LogP) is 2.46. The summed E-state index contributed by atoms with van der Waals surface area (Å²) >= 11 is 0. The zero-order valence-electron chi connectivity index (χ0n) is 10.9. The van der Waals surface area contributed by atoms with Crippen molar-refractivity contribution in [3.63, 3.8) is 0 Å². The summed E-state index contributed by atoms with van der Waals surface area (Å²) in [4.78, 5) is 14.3. The van der Waals surface area contributed by atoms with Gasteiger partial charge in [0.1, 0.15) is 5.82 Å². The van der Waals surface area contributed by atoms with Crippen molar-refractivity contribution < 1.29 is 9.66 Å². The Balaban J connectivity index is 2.73. The van der Waals surface area contributed by atoms with Crippen LogP contribution in [0.25, 0.3) is 0 Å². The summed E-state index contributed by atoms with van der Waals surface area (Å²) in [5.74, 6) is 0.847. The van der Waals surface area contributed by atoms with Gasteiger partial charge in [0, 0.05) is 18.9 Å². The molecule has 0 aromatic carbocycles. The molecule has 0 radical (unpaired) electrons. The van der Waals surface area contributed by atoms with Gasteiger partial charge in [0.05, 0.1) is 23.6 Å². The van der Waals surface area contributed by atoms with Crippen molar-refractivity contribution in [1.29, 1.82) is 0 Å². The van der Waals surface area contributed by atoms with Crippen molar-refractivity contribution in [2.75, 3.05) is 18.5 Å². The summed E-state index contributed by atoms with van der Waals surface area (Å²) in [6.45, 7) is 7.26. The van der Waals surface area contributed by atoms with Crippen LogP contribution in [0.5, 0.6) is 0 Å². The monoisotopic (exact) mass is 253 g/mol. The van der Waals surface area contributed by atoms with Crippen molar-refractivity contribution in [3.8, 4) is 0 Å². The standard InChI is InChI=1S/C12H19N3O3/c1-4-18-8-11(9(2)3)14-12-7-10(15(16)17)5-6-13-12/h5-7,9,11H,4,8H2,1-3H3,(H,13,14). The molecule has 0 aliphatic rings. The zero-order chi connectivity index (χ0) is 13.5. The molecule has 1 atom stereocenters. The van der Waals surface area contributed by atoms with Crippen LogP contribution in [0.1, 0.15) is 20.8 Å². The molecule has 18 heavy (non-hydrogen) atoms. The summed E-state index contributed by atoms with van der Waals surface area (Å²) < 4.78 is 5.38. The van der Waals surface area contributed by atoms with Crippen molar-refractivity contribution in [2.24, 2.45) is 5.92 Å². The second-order valence-corrected chi connectivity index (χ2v) is 4.31. The summed E-state index contributed by atoms with van der Waals surface area (Å²) in [7, 11) is 0. The Morgan fingerprint density at radius 3 is 2.83 bits per heavy atom. The minimum Gasteiger partial charge on any atom is -0.380 e. The van der Waals surface area contributed by atoms with E-state index in [1.54, 1.807) is 0 Å². The largest absolute Gasteiger partial charge is 0.380 e. The smallest absolute Gasteiger partial charge is 0.274 e. The van der Waals surface area contributed by atoms with Crippen LogP contribution in [-0.2, 0) is 4.74 Å². The Bertz CT molecular complexity index is 396. The third-order valence-corrected chi connectivity index (χ3v) is 2.59. The number of ether oxygens (including phenoxy) is 1. The van der Waals surface area contributed by atoms with E-state index in [9.17, 15) is 10.1 Å². The SMILES string of the molecule is CCOCC(Nc1cc([N+](=O)[O-])ccn1)C(C)C. The number of nitrogens with zero attached hydrogens (tertiary/aromatic N) is 2. The lowest BCUT2D eigenvalue weighted by atomic mass is 10.1. The molecule has 100 valence electrons. The van der Waals surface area contributed by atoms with E-state index in [-0.39, 0.29) is 11.7 Å². The van der Waals surface area contributed by atoms with Crippen molar-refractivity contribution in [1.82, 2.24) is 4.98 Å². The fourth-order valence-electron chi connectivity index (χ4n) is 1.45. The number of hydrogen-bond acceptors (Lipinski definition) is 5. The third-order valence-electron chi connectivity index (χ3n) is 2.59. The van der Waals surface area contributed by atoms with Crippen LogP contribution in [0, 0.1) is 16.0 Å². The maximum absolute atomic E-state index is 10.7. The van der Waals surface area contributed by atoms with Crippen LogP contribution < -0.4 is 5.32 Å². The molecule has 1 aromatic rings. The minimum atomic E-state index is -0.431. The Kier molecular flexibility index (Phi) is 5.51. The Morgan fingerprint density at radius 1 is 1.56 bits per heavy atom. The van der Waals surface area contributed by atoms with Crippen LogP contribution in [0.3, 0.4) is 0 Å². The van der Waals surface area contributed by atoms with E-state index < -0.39 is 4.92 Å². The predicted molar refractivity (Wildman–Crippen MR) is 69.6 cm³/mol. The fourth-order valence-corrected chi connectivity index (χ4v) is 1.45. The quantitative estimate of drug-likeness (QED) is 0.596. The molecular weight excluding hydrogens is 234 g/mol. The van der Waals surface area contributed by atoms with E-state index in [1.165, 1.54) is 18.3 Å². The maximum Gasteiger partial charge on any atom is 0.274 e. The summed E-state index contributed by atoms with van der Waals surface area (Å²) in [5.41, 5.74) is 0.0337. The Labute approximate surface area is 107 Å². The van der Waals surface area contributed by atoms with Crippen LogP contribution >= 0.6 is 0 Å². The van der Waals surface area contributed by atoms with Gasteiger partial charge in [0.15, 0.2) is 0 Å². The summed E-state index contributed by atoms with van der Waals surface area (Å²) in [6.07, 6.45) is 1.43. The molecule has 1 N–H and O–H groups in total. The number of pyridine rings is 1. The summed E-state index contributed by atoms with van der Waals surface area (Å²) in [6, 6.07) is 2.89. The van der Waals surface area contributed by atoms with E-state index in [2.05, 4.69) is 24.1 Å². The maximum atomic E-state index is 10.7. The van der Waals surface area contributed by atoms with Crippen LogP contribution in [0.15, 0.2) is 18.3 Å². The topological polar surface area (TPSA) is 77.3 Å². The first-order valence-corrected chi connectivity index (χ1v) is 5.99. The van der Waals surface area contributed by atoms with E-state index in [1.807, 2.05) is 6.92 Å². The average molecular weight is 253 g/mol. The lowest BCUT2D eigenvalue weighted by Gasteiger charge is -2.22. The van der Waals surface area contributed by atoms with Gasteiger partial charge in [0.25, 0.3) is 5.69 Å². The lowest BCUT2D eigenvalue weighted by molar-refractivity contribution is -0.384. The molecule has 0 bridgehead atoms. The van der Waals surface area contributed by atoms with E-state index in [0.717, 1.165) is 0 Å². The number of aromatic nitrogens is 1. The van der Waals surface area contributed by atoms with Gasteiger partial charge < -0.3 is 10.1 Å². The summed E-state index contributed by atoms with van der Waals surface area (Å²) in [5, 5.41) is 13.8. The Morgan fingerprint density at radius 2 is 2.28 bits per heavy atom.